The molecule has 0 bridgehead atoms. The van der Waals surface area contributed by atoms with Crippen LogP contribution in [-0.2, 0) is 16.0 Å². The largest absolute Gasteiger partial charge is 0.289 e. The molecule has 1 unspecified atom stereocenters. The number of nitrogens with zero attached hydrogens (tertiary/aromatic N) is 1. The lowest BCUT2D eigenvalue weighted by atomic mass is 10.0. The summed E-state index contributed by atoms with van der Waals surface area (Å²) in [5.41, 5.74) is 4.80. The predicted molar refractivity (Wildman–Crippen MR) is 139 cm³/mol. The van der Waals surface area contributed by atoms with Crippen LogP contribution in [0.2, 0.25) is 0 Å². The smallest absolute Gasteiger partial charge is 0.248 e. The zero-order valence-corrected chi connectivity index (χ0v) is 21.3. The quantitative estimate of drug-likeness (QED) is 0.101. The molecule has 1 aliphatic heterocycles. The molecule has 5 heteroatoms. The van der Waals surface area contributed by atoms with Gasteiger partial charge in [0.15, 0.2) is 0 Å². The Bertz CT molecular complexity index is 718. The summed E-state index contributed by atoms with van der Waals surface area (Å²) in [6.45, 7) is 2.27. The van der Waals surface area contributed by atoms with Gasteiger partial charge >= 0.3 is 0 Å². The number of carbonyl (C=O) groups excluding carboxylic acids is 2. The summed E-state index contributed by atoms with van der Waals surface area (Å²) >= 11 is 6.60. The van der Waals surface area contributed by atoms with Gasteiger partial charge < -0.3 is 0 Å². The molecule has 1 heterocycles. The van der Waals surface area contributed by atoms with Crippen LogP contribution in [0.3, 0.4) is 0 Å². The molecule has 2 rings (SSSR count). The molecule has 1 saturated heterocycles. The highest BCUT2D eigenvalue weighted by molar-refractivity contribution is 6.20. The number of allylic oxidation sites excluding steroid dienone is 2. The molecule has 1 fully saturated rings. The minimum atomic E-state index is -0.176. The van der Waals surface area contributed by atoms with Crippen molar-refractivity contribution >= 4 is 29.1 Å². The highest BCUT2D eigenvalue weighted by Gasteiger charge is 2.29. The van der Waals surface area contributed by atoms with Gasteiger partial charge in [-0.25, -0.2) is 0 Å². The second kappa shape index (κ2) is 16.7. The third kappa shape index (κ3) is 11.2. The van der Waals surface area contributed by atoms with Gasteiger partial charge in [-0.1, -0.05) is 95.1 Å². The van der Waals surface area contributed by atoms with Crippen LogP contribution in [0, 0.1) is 0 Å². The van der Waals surface area contributed by atoms with E-state index in [0.29, 0.717) is 6.42 Å². The average Bonchev–Trinajstić information content (AvgIpc) is 3.12. The van der Waals surface area contributed by atoms with Crippen molar-refractivity contribution in [2.45, 2.75) is 115 Å². The number of para-hydroxylation sites is 1. The topological polar surface area (TPSA) is 49.4 Å². The number of hydrogen-bond acceptors (Lipinski definition) is 3. The number of carbonyl (C=O) groups is 2. The molecule has 1 aromatic carbocycles. The summed E-state index contributed by atoms with van der Waals surface area (Å²) < 4.78 is 0. The Hall–Kier alpha value is -1.81. The highest BCUT2D eigenvalue weighted by atomic mass is 35.5. The van der Waals surface area contributed by atoms with E-state index in [-0.39, 0.29) is 30.0 Å². The fourth-order valence-corrected chi connectivity index (χ4v) is 4.52. The first kappa shape index (κ1) is 27.4. The van der Waals surface area contributed by atoms with Crippen molar-refractivity contribution in [3.05, 3.63) is 42.0 Å². The van der Waals surface area contributed by atoms with E-state index < -0.39 is 0 Å². The third-order valence-corrected chi connectivity index (χ3v) is 6.65. The molecule has 0 aromatic heterocycles. The fourth-order valence-electron chi connectivity index (χ4n) is 4.23. The van der Waals surface area contributed by atoms with Crippen molar-refractivity contribution in [2.24, 2.45) is 0 Å². The minimum absolute atomic E-state index is 0.0138. The predicted octanol–water partition coefficient (Wildman–Crippen LogP) is 7.96. The molecule has 0 aliphatic carbocycles. The minimum Gasteiger partial charge on any atom is -0.289 e. The Labute approximate surface area is 206 Å². The summed E-state index contributed by atoms with van der Waals surface area (Å²) in [7, 11) is 0. The molecule has 1 aliphatic rings. The van der Waals surface area contributed by atoms with Crippen molar-refractivity contribution in [3.63, 3.8) is 0 Å². The SMILES string of the molecule is CCCCCCCCCCCCC=CCCC(Cl)Cc1ccccc1NN1C(=O)CCC1=O. The molecule has 0 radical (unpaired) electrons. The van der Waals surface area contributed by atoms with Crippen LogP contribution in [0.4, 0.5) is 5.69 Å². The van der Waals surface area contributed by atoms with Crippen LogP contribution in [0.25, 0.3) is 0 Å². The van der Waals surface area contributed by atoms with E-state index in [1.807, 2.05) is 24.3 Å². The second-order valence-electron chi connectivity index (χ2n) is 9.21. The summed E-state index contributed by atoms with van der Waals surface area (Å²) in [4.78, 5) is 23.8. The molecular weight excluding hydrogens is 432 g/mol. The van der Waals surface area contributed by atoms with E-state index >= 15 is 0 Å². The van der Waals surface area contributed by atoms with Crippen molar-refractivity contribution in [1.82, 2.24) is 5.01 Å². The van der Waals surface area contributed by atoms with E-state index in [4.69, 9.17) is 11.6 Å². The first-order valence-corrected chi connectivity index (χ1v) is 13.5. The standard InChI is InChI=1S/C28H43ClN2O2/c1-2-3-4-5-6-7-8-9-10-11-12-13-14-15-19-25(29)23-24-18-16-17-20-26(24)30-31-27(32)21-22-28(31)33/h13-14,16-18,20,25,30H,2-12,15,19,21-23H2,1H3. The van der Waals surface area contributed by atoms with Gasteiger partial charge in [0.1, 0.15) is 0 Å². The number of rotatable bonds is 18. The van der Waals surface area contributed by atoms with E-state index in [2.05, 4.69) is 24.5 Å². The van der Waals surface area contributed by atoms with Crippen LogP contribution in [0.1, 0.15) is 109 Å². The number of hydrazine groups is 1. The zero-order chi connectivity index (χ0) is 23.7. The lowest BCUT2D eigenvalue weighted by molar-refractivity contribution is -0.136. The number of benzene rings is 1. The van der Waals surface area contributed by atoms with E-state index in [1.54, 1.807) is 0 Å². The van der Waals surface area contributed by atoms with Gasteiger partial charge in [-0.2, -0.15) is 5.01 Å². The van der Waals surface area contributed by atoms with Gasteiger partial charge in [0.2, 0.25) is 11.8 Å². The molecule has 33 heavy (non-hydrogen) atoms. The summed E-state index contributed by atoms with van der Waals surface area (Å²) in [5.74, 6) is -0.352. The summed E-state index contributed by atoms with van der Waals surface area (Å²) in [6, 6.07) is 7.76. The Balaban J connectivity index is 1.56. The zero-order valence-electron chi connectivity index (χ0n) is 20.5. The van der Waals surface area contributed by atoms with Gasteiger partial charge in [-0.3, -0.25) is 15.0 Å². The number of imide groups is 1. The molecular formula is C28H43ClN2O2. The van der Waals surface area contributed by atoms with Crippen molar-refractivity contribution < 1.29 is 9.59 Å². The molecule has 1 aromatic rings. The first-order valence-electron chi connectivity index (χ1n) is 13.1. The van der Waals surface area contributed by atoms with Crippen molar-refractivity contribution in [2.75, 3.05) is 5.43 Å². The lowest BCUT2D eigenvalue weighted by Gasteiger charge is -2.20. The molecule has 2 amide bonds. The number of hydrogen-bond donors (Lipinski definition) is 1. The maximum Gasteiger partial charge on any atom is 0.248 e. The number of nitrogens with one attached hydrogen (secondary N) is 1. The second-order valence-corrected chi connectivity index (χ2v) is 9.83. The molecule has 0 spiro atoms. The maximum atomic E-state index is 11.9. The molecule has 0 saturated carbocycles. The van der Waals surface area contributed by atoms with E-state index in [0.717, 1.165) is 35.5 Å². The maximum absolute atomic E-state index is 11.9. The molecule has 4 nitrogen and oxygen atoms in total. The van der Waals surface area contributed by atoms with Gasteiger partial charge in [0, 0.05) is 18.2 Å². The normalized spacial score (nSPS) is 15.0. The van der Waals surface area contributed by atoms with Crippen LogP contribution in [-0.4, -0.2) is 22.2 Å². The summed E-state index contributed by atoms with van der Waals surface area (Å²) in [5, 5.41) is 1.15. The Kier molecular flexibility index (Phi) is 13.9. The Morgan fingerprint density at radius 2 is 1.45 bits per heavy atom. The molecule has 1 N–H and O–H groups in total. The lowest BCUT2D eigenvalue weighted by Crippen LogP contribution is -2.35. The number of alkyl halides is 1. The third-order valence-electron chi connectivity index (χ3n) is 6.28. The number of anilines is 1. The van der Waals surface area contributed by atoms with Crippen molar-refractivity contribution in [1.29, 1.82) is 0 Å². The van der Waals surface area contributed by atoms with Crippen LogP contribution in [0.15, 0.2) is 36.4 Å². The first-order chi connectivity index (χ1) is 16.1. The van der Waals surface area contributed by atoms with Gasteiger partial charge in [0.25, 0.3) is 0 Å². The highest BCUT2D eigenvalue weighted by Crippen LogP contribution is 2.23. The average molecular weight is 475 g/mol. The van der Waals surface area contributed by atoms with E-state index in [9.17, 15) is 9.59 Å². The number of unbranched alkanes of at least 4 members (excludes halogenated alkanes) is 10. The Morgan fingerprint density at radius 3 is 2.12 bits per heavy atom. The molecule has 184 valence electrons. The number of amides is 2. The fraction of sp³-hybridized carbons (Fsp3) is 0.643. The van der Waals surface area contributed by atoms with Gasteiger partial charge in [-0.05, 0) is 43.7 Å². The monoisotopic (exact) mass is 474 g/mol. The van der Waals surface area contributed by atoms with Crippen molar-refractivity contribution in [3.8, 4) is 0 Å². The van der Waals surface area contributed by atoms with E-state index in [1.165, 1.54) is 64.2 Å². The van der Waals surface area contributed by atoms with Crippen LogP contribution in [0.5, 0.6) is 0 Å². The van der Waals surface area contributed by atoms with Gasteiger partial charge in [-0.15, -0.1) is 11.6 Å². The Morgan fingerprint density at radius 1 is 0.879 bits per heavy atom. The number of halogens is 1. The van der Waals surface area contributed by atoms with Crippen LogP contribution < -0.4 is 5.43 Å². The summed E-state index contributed by atoms with van der Waals surface area (Å²) in [6.07, 6.45) is 22.6. The molecule has 1 atom stereocenters. The van der Waals surface area contributed by atoms with Crippen LogP contribution >= 0.6 is 11.6 Å². The van der Waals surface area contributed by atoms with Gasteiger partial charge in [0.05, 0.1) is 5.69 Å².